The molecule has 0 bridgehead atoms. The fourth-order valence-electron chi connectivity index (χ4n) is 1.85. The Morgan fingerprint density at radius 2 is 2.39 bits per heavy atom. The van der Waals surface area contributed by atoms with Gasteiger partial charge in [-0.25, -0.2) is 9.78 Å². The highest BCUT2D eigenvalue weighted by Crippen LogP contribution is 2.27. The van der Waals surface area contributed by atoms with Crippen molar-refractivity contribution in [3.8, 4) is 0 Å². The van der Waals surface area contributed by atoms with Gasteiger partial charge in [0.15, 0.2) is 0 Å². The fourth-order valence-corrected chi connectivity index (χ4v) is 2.24. The van der Waals surface area contributed by atoms with E-state index in [4.69, 9.17) is 5.11 Å². The molecule has 18 heavy (non-hydrogen) atoms. The first-order valence-electron chi connectivity index (χ1n) is 5.34. The maximum Gasteiger partial charge on any atom is 0.337 e. The summed E-state index contributed by atoms with van der Waals surface area (Å²) in [4.78, 5) is 28.4. The Morgan fingerprint density at radius 1 is 1.67 bits per heavy atom. The number of carboxylic acids is 1. The number of anilines is 1. The summed E-state index contributed by atoms with van der Waals surface area (Å²) in [7, 11) is 0. The summed E-state index contributed by atoms with van der Waals surface area (Å²) >= 11 is 3.12. The van der Waals surface area contributed by atoms with Gasteiger partial charge in [-0.3, -0.25) is 9.69 Å². The molecule has 0 radical (unpaired) electrons. The molecule has 2 rings (SSSR count). The van der Waals surface area contributed by atoms with Crippen molar-refractivity contribution in [1.82, 2.24) is 4.98 Å². The van der Waals surface area contributed by atoms with Crippen LogP contribution in [0.4, 0.5) is 5.82 Å². The average molecular weight is 311 g/mol. The van der Waals surface area contributed by atoms with Crippen LogP contribution >= 0.6 is 15.9 Å². The number of amides is 1. The van der Waals surface area contributed by atoms with Gasteiger partial charge in [-0.15, -0.1) is 6.58 Å². The summed E-state index contributed by atoms with van der Waals surface area (Å²) in [6.07, 6.45) is 3.52. The number of hydrogen-bond acceptors (Lipinski definition) is 3. The molecule has 0 spiro atoms. The Labute approximate surface area is 112 Å². The van der Waals surface area contributed by atoms with Gasteiger partial charge in [0, 0.05) is 25.1 Å². The largest absolute Gasteiger partial charge is 0.478 e. The molecule has 1 unspecified atom stereocenters. The highest BCUT2D eigenvalue weighted by atomic mass is 79.9. The highest BCUT2D eigenvalue weighted by Gasteiger charge is 2.30. The zero-order valence-corrected chi connectivity index (χ0v) is 11.1. The highest BCUT2D eigenvalue weighted by molar-refractivity contribution is 9.10. The Hall–Kier alpha value is -1.69. The number of pyridine rings is 1. The molecular weight excluding hydrogens is 300 g/mol. The van der Waals surface area contributed by atoms with Gasteiger partial charge in [0.25, 0.3) is 0 Å². The molecule has 0 aromatic carbocycles. The lowest BCUT2D eigenvalue weighted by atomic mass is 10.1. The van der Waals surface area contributed by atoms with Crippen molar-refractivity contribution in [2.24, 2.45) is 5.92 Å². The second kappa shape index (κ2) is 4.89. The monoisotopic (exact) mass is 310 g/mol. The van der Waals surface area contributed by atoms with Crippen LogP contribution in [0.2, 0.25) is 0 Å². The number of carboxylic acid groups (broad SMARTS) is 1. The van der Waals surface area contributed by atoms with Crippen LogP contribution in [0.3, 0.4) is 0 Å². The SMILES string of the molecule is C=CC1CC(=O)N(c2cc(C(=O)O)c(Br)cn2)C1. The summed E-state index contributed by atoms with van der Waals surface area (Å²) in [5.41, 5.74) is 0.0925. The first kappa shape index (κ1) is 12.8. The van der Waals surface area contributed by atoms with E-state index >= 15 is 0 Å². The molecule has 1 aromatic rings. The summed E-state index contributed by atoms with van der Waals surface area (Å²) in [5.74, 6) is -0.662. The van der Waals surface area contributed by atoms with Gasteiger partial charge < -0.3 is 5.11 Å². The number of aromatic carboxylic acids is 1. The van der Waals surface area contributed by atoms with Crippen LogP contribution in [0.5, 0.6) is 0 Å². The summed E-state index contributed by atoms with van der Waals surface area (Å²) in [5, 5.41) is 9.02. The molecule has 1 saturated heterocycles. The minimum absolute atomic E-state index is 0.0638. The van der Waals surface area contributed by atoms with E-state index in [-0.39, 0.29) is 17.4 Å². The quantitative estimate of drug-likeness (QED) is 0.868. The van der Waals surface area contributed by atoms with E-state index in [1.165, 1.54) is 17.2 Å². The van der Waals surface area contributed by atoms with Gasteiger partial charge in [0.1, 0.15) is 5.82 Å². The van der Waals surface area contributed by atoms with Gasteiger partial charge in [-0.05, 0) is 22.0 Å². The first-order valence-corrected chi connectivity index (χ1v) is 6.14. The Morgan fingerprint density at radius 3 is 2.94 bits per heavy atom. The minimum atomic E-state index is -1.06. The third-order valence-corrected chi connectivity index (χ3v) is 3.47. The summed E-state index contributed by atoms with van der Waals surface area (Å²) < 4.78 is 0.394. The van der Waals surface area contributed by atoms with Gasteiger partial charge in [0.05, 0.1) is 10.0 Å². The van der Waals surface area contributed by atoms with Gasteiger partial charge in [0.2, 0.25) is 5.91 Å². The molecular formula is C12H11BrN2O3. The van der Waals surface area contributed by atoms with Crippen LogP contribution < -0.4 is 4.90 Å². The zero-order chi connectivity index (χ0) is 13.3. The Bertz CT molecular complexity index is 530. The van der Waals surface area contributed by atoms with Crippen LogP contribution in [0, 0.1) is 5.92 Å². The molecule has 5 nitrogen and oxygen atoms in total. The molecule has 1 fully saturated rings. The lowest BCUT2D eigenvalue weighted by Gasteiger charge is -2.15. The van der Waals surface area contributed by atoms with Gasteiger partial charge >= 0.3 is 5.97 Å². The van der Waals surface area contributed by atoms with E-state index in [9.17, 15) is 9.59 Å². The average Bonchev–Trinajstić information content (AvgIpc) is 2.71. The smallest absolute Gasteiger partial charge is 0.337 e. The van der Waals surface area contributed by atoms with Crippen molar-refractivity contribution in [3.63, 3.8) is 0 Å². The van der Waals surface area contributed by atoms with Crippen molar-refractivity contribution >= 4 is 33.6 Å². The first-order chi connectivity index (χ1) is 8.52. The number of halogens is 1. The normalized spacial score (nSPS) is 19.1. The third-order valence-electron chi connectivity index (χ3n) is 2.84. The minimum Gasteiger partial charge on any atom is -0.478 e. The van der Waals surface area contributed by atoms with E-state index in [0.29, 0.717) is 23.3 Å². The number of nitrogens with zero attached hydrogens (tertiary/aromatic N) is 2. The number of aromatic nitrogens is 1. The summed E-state index contributed by atoms with van der Waals surface area (Å²) in [6, 6.07) is 1.40. The molecule has 1 atom stereocenters. The van der Waals surface area contributed by atoms with E-state index in [1.54, 1.807) is 6.08 Å². The number of carbonyl (C=O) groups excluding carboxylic acids is 1. The molecule has 1 aromatic heterocycles. The standard InChI is InChI=1S/C12H11BrN2O3/c1-2-7-3-11(16)15(6-7)10-4-8(12(17)18)9(13)5-14-10/h2,4-5,7H,1,3,6H2,(H,17,18). The summed E-state index contributed by atoms with van der Waals surface area (Å²) in [6.45, 7) is 4.16. The Kier molecular flexibility index (Phi) is 3.47. The molecule has 0 aliphatic carbocycles. The maximum absolute atomic E-state index is 11.8. The second-order valence-electron chi connectivity index (χ2n) is 4.03. The van der Waals surface area contributed by atoms with Crippen LogP contribution in [0.25, 0.3) is 0 Å². The fraction of sp³-hybridized carbons (Fsp3) is 0.250. The molecule has 1 aliphatic rings. The van der Waals surface area contributed by atoms with Crippen molar-refractivity contribution in [2.75, 3.05) is 11.4 Å². The Balaban J connectivity index is 2.35. The van der Waals surface area contributed by atoms with Gasteiger partial charge in [-0.2, -0.15) is 0 Å². The van der Waals surface area contributed by atoms with E-state index in [2.05, 4.69) is 27.5 Å². The predicted molar refractivity (Wildman–Crippen MR) is 69.6 cm³/mol. The topological polar surface area (TPSA) is 70.5 Å². The third kappa shape index (κ3) is 2.28. The molecule has 94 valence electrons. The van der Waals surface area contributed by atoms with Crippen LogP contribution in [-0.2, 0) is 4.79 Å². The van der Waals surface area contributed by atoms with Crippen molar-refractivity contribution in [3.05, 3.63) is 35.0 Å². The van der Waals surface area contributed by atoms with Crippen molar-refractivity contribution in [2.45, 2.75) is 6.42 Å². The lowest BCUT2D eigenvalue weighted by Crippen LogP contribution is -2.25. The van der Waals surface area contributed by atoms with Crippen LogP contribution in [0.1, 0.15) is 16.8 Å². The zero-order valence-electron chi connectivity index (χ0n) is 9.47. The molecule has 1 amide bonds. The van der Waals surface area contributed by atoms with Crippen molar-refractivity contribution < 1.29 is 14.7 Å². The van der Waals surface area contributed by atoms with E-state index in [0.717, 1.165) is 0 Å². The molecule has 6 heteroatoms. The van der Waals surface area contributed by atoms with Crippen LogP contribution in [0.15, 0.2) is 29.4 Å². The lowest BCUT2D eigenvalue weighted by molar-refractivity contribution is -0.117. The van der Waals surface area contributed by atoms with E-state index in [1.807, 2.05) is 0 Å². The van der Waals surface area contributed by atoms with E-state index < -0.39 is 5.97 Å². The van der Waals surface area contributed by atoms with Gasteiger partial charge in [-0.1, -0.05) is 6.08 Å². The molecule has 0 saturated carbocycles. The maximum atomic E-state index is 11.8. The number of hydrogen-bond donors (Lipinski definition) is 1. The molecule has 1 aliphatic heterocycles. The predicted octanol–water partition coefficient (Wildman–Crippen LogP) is 2.08. The van der Waals surface area contributed by atoms with Crippen LogP contribution in [-0.4, -0.2) is 28.5 Å². The second-order valence-corrected chi connectivity index (χ2v) is 4.89. The van der Waals surface area contributed by atoms with Crippen molar-refractivity contribution in [1.29, 1.82) is 0 Å². The number of rotatable bonds is 3. The molecule has 1 N–H and O–H groups in total. The molecule has 2 heterocycles. The number of carbonyl (C=O) groups is 2.